The van der Waals surface area contributed by atoms with Crippen LogP contribution in [0.2, 0.25) is 0 Å². The maximum Gasteiger partial charge on any atom is 0.260 e. The van der Waals surface area contributed by atoms with Gasteiger partial charge < -0.3 is 14.8 Å². The van der Waals surface area contributed by atoms with Gasteiger partial charge in [0.05, 0.1) is 23.3 Å². The number of carbonyl (C=O) groups excluding carboxylic acids is 1. The molecule has 10 heteroatoms. The maximum absolute atomic E-state index is 13.4. The van der Waals surface area contributed by atoms with Crippen LogP contribution in [0, 0.1) is 12.7 Å². The number of benzene rings is 1. The smallest absolute Gasteiger partial charge is 0.260 e. The van der Waals surface area contributed by atoms with Crippen molar-refractivity contribution in [2.45, 2.75) is 30.7 Å². The van der Waals surface area contributed by atoms with E-state index >= 15 is 0 Å². The first kappa shape index (κ1) is 21.2. The summed E-state index contributed by atoms with van der Waals surface area (Å²) in [7, 11) is -2.46. The third-order valence-corrected chi connectivity index (χ3v) is 6.05. The Hall–Kier alpha value is -2.56. The standard InChI is InChI=1S/C19H22FN3O5S/c1-12-16(20)4-6-18(21-12)22-19(24)15-11-14(3-5-17(15)27-2)29(25,26)23-13-7-9-28-10-8-13/h3-6,11,13,23H,7-10H2,1-2H3,(H,21,22,24). The van der Waals surface area contributed by atoms with E-state index < -0.39 is 21.7 Å². The lowest BCUT2D eigenvalue weighted by atomic mass is 10.1. The number of anilines is 1. The van der Waals surface area contributed by atoms with Crippen molar-refractivity contribution in [3.63, 3.8) is 0 Å². The number of aryl methyl sites for hydroxylation is 1. The number of nitrogens with zero attached hydrogens (tertiary/aromatic N) is 1. The van der Waals surface area contributed by atoms with Crippen LogP contribution in [0.5, 0.6) is 5.75 Å². The number of amides is 1. The van der Waals surface area contributed by atoms with Gasteiger partial charge in [0.2, 0.25) is 10.0 Å². The van der Waals surface area contributed by atoms with Gasteiger partial charge in [-0.3, -0.25) is 4.79 Å². The van der Waals surface area contributed by atoms with E-state index in [0.717, 1.165) is 0 Å². The minimum Gasteiger partial charge on any atom is -0.496 e. The molecule has 29 heavy (non-hydrogen) atoms. The molecule has 3 rings (SSSR count). The van der Waals surface area contributed by atoms with Crippen molar-refractivity contribution in [2.75, 3.05) is 25.6 Å². The molecular formula is C19H22FN3O5S. The minimum absolute atomic E-state index is 0.0196. The zero-order chi connectivity index (χ0) is 21.0. The summed E-state index contributed by atoms with van der Waals surface area (Å²) in [5.41, 5.74) is 0.151. The van der Waals surface area contributed by atoms with Crippen molar-refractivity contribution in [3.8, 4) is 5.75 Å². The van der Waals surface area contributed by atoms with Crippen LogP contribution in [0.25, 0.3) is 0 Å². The molecule has 0 radical (unpaired) electrons. The predicted molar refractivity (Wildman–Crippen MR) is 104 cm³/mol. The Labute approximate surface area is 168 Å². The Bertz CT molecular complexity index is 1010. The van der Waals surface area contributed by atoms with Crippen LogP contribution in [-0.4, -0.2) is 45.7 Å². The highest BCUT2D eigenvalue weighted by atomic mass is 32.2. The number of carbonyl (C=O) groups is 1. The minimum atomic E-state index is -3.83. The van der Waals surface area contributed by atoms with Crippen LogP contribution >= 0.6 is 0 Å². The van der Waals surface area contributed by atoms with Crippen molar-refractivity contribution in [3.05, 3.63) is 47.4 Å². The van der Waals surface area contributed by atoms with Crippen LogP contribution in [0.15, 0.2) is 35.2 Å². The molecule has 1 aliphatic rings. The van der Waals surface area contributed by atoms with E-state index in [1.165, 1.54) is 44.4 Å². The van der Waals surface area contributed by atoms with Crippen LogP contribution in [0.1, 0.15) is 28.9 Å². The molecular weight excluding hydrogens is 401 g/mol. The Kier molecular flexibility index (Phi) is 6.46. The summed E-state index contributed by atoms with van der Waals surface area (Å²) < 4.78 is 51.9. The second-order valence-corrected chi connectivity index (χ2v) is 8.30. The molecule has 1 fully saturated rings. The number of sulfonamides is 1. The van der Waals surface area contributed by atoms with Gasteiger partial charge in [-0.2, -0.15) is 0 Å². The fourth-order valence-corrected chi connectivity index (χ4v) is 4.26. The second-order valence-electron chi connectivity index (χ2n) is 6.59. The molecule has 2 N–H and O–H groups in total. The van der Waals surface area contributed by atoms with Gasteiger partial charge in [0.15, 0.2) is 0 Å². The van der Waals surface area contributed by atoms with Gasteiger partial charge >= 0.3 is 0 Å². The van der Waals surface area contributed by atoms with E-state index in [-0.39, 0.29) is 33.8 Å². The molecule has 1 aromatic carbocycles. The normalized spacial score (nSPS) is 15.1. The van der Waals surface area contributed by atoms with Gasteiger partial charge in [-0.25, -0.2) is 22.5 Å². The summed E-state index contributed by atoms with van der Waals surface area (Å²) in [5.74, 6) is -0.771. The molecule has 2 aromatic rings. The topological polar surface area (TPSA) is 107 Å². The first-order valence-electron chi connectivity index (χ1n) is 9.03. The number of ether oxygens (including phenoxy) is 2. The number of halogens is 1. The van der Waals surface area contributed by atoms with Crippen LogP contribution in [-0.2, 0) is 14.8 Å². The van der Waals surface area contributed by atoms with Crippen LogP contribution in [0.4, 0.5) is 10.2 Å². The van der Waals surface area contributed by atoms with Gasteiger partial charge in [-0.15, -0.1) is 0 Å². The molecule has 1 amide bonds. The largest absolute Gasteiger partial charge is 0.496 e. The van der Waals surface area contributed by atoms with E-state index in [2.05, 4.69) is 15.0 Å². The van der Waals surface area contributed by atoms with Crippen molar-refractivity contribution in [1.82, 2.24) is 9.71 Å². The molecule has 0 aliphatic carbocycles. The van der Waals surface area contributed by atoms with Crippen LogP contribution in [0.3, 0.4) is 0 Å². The van der Waals surface area contributed by atoms with Gasteiger partial charge in [-0.05, 0) is 50.1 Å². The molecule has 0 saturated carbocycles. The summed E-state index contributed by atoms with van der Waals surface area (Å²) in [6.45, 7) is 2.46. The van der Waals surface area contributed by atoms with Crippen molar-refractivity contribution >= 4 is 21.7 Å². The van der Waals surface area contributed by atoms with E-state index in [1.807, 2.05) is 0 Å². The molecule has 0 spiro atoms. The van der Waals surface area contributed by atoms with Gasteiger partial charge in [-0.1, -0.05) is 0 Å². The lowest BCUT2D eigenvalue weighted by Gasteiger charge is -2.23. The first-order chi connectivity index (χ1) is 13.8. The van der Waals surface area contributed by atoms with Gasteiger partial charge in [0.1, 0.15) is 17.4 Å². The molecule has 1 aliphatic heterocycles. The highest BCUT2D eigenvalue weighted by Crippen LogP contribution is 2.24. The number of aromatic nitrogens is 1. The second kappa shape index (κ2) is 8.85. The van der Waals surface area contributed by atoms with Crippen LogP contribution < -0.4 is 14.8 Å². The summed E-state index contributed by atoms with van der Waals surface area (Å²) >= 11 is 0. The molecule has 156 valence electrons. The summed E-state index contributed by atoms with van der Waals surface area (Å²) in [5, 5.41) is 2.53. The Morgan fingerprint density at radius 3 is 2.62 bits per heavy atom. The third-order valence-electron chi connectivity index (χ3n) is 4.53. The summed E-state index contributed by atoms with van der Waals surface area (Å²) in [4.78, 5) is 16.6. The monoisotopic (exact) mass is 423 g/mol. The number of hydrogen-bond acceptors (Lipinski definition) is 6. The van der Waals surface area contributed by atoms with Crippen molar-refractivity contribution in [1.29, 1.82) is 0 Å². The summed E-state index contributed by atoms with van der Waals surface area (Å²) in [6, 6.07) is 6.31. The Balaban J connectivity index is 1.85. The molecule has 0 atom stereocenters. The zero-order valence-corrected chi connectivity index (χ0v) is 16.9. The number of rotatable bonds is 6. The fraction of sp³-hybridized carbons (Fsp3) is 0.368. The Morgan fingerprint density at radius 2 is 1.97 bits per heavy atom. The van der Waals surface area contributed by atoms with E-state index in [0.29, 0.717) is 26.1 Å². The van der Waals surface area contributed by atoms with Crippen molar-refractivity contribution in [2.24, 2.45) is 0 Å². The zero-order valence-electron chi connectivity index (χ0n) is 16.1. The lowest BCUT2D eigenvalue weighted by molar-refractivity contribution is 0.0832. The first-order valence-corrected chi connectivity index (χ1v) is 10.5. The number of pyridine rings is 1. The molecule has 1 aromatic heterocycles. The molecule has 8 nitrogen and oxygen atoms in total. The molecule has 2 heterocycles. The van der Waals surface area contributed by atoms with E-state index in [1.54, 1.807) is 0 Å². The van der Waals surface area contributed by atoms with Crippen molar-refractivity contribution < 1.29 is 27.1 Å². The van der Waals surface area contributed by atoms with E-state index in [9.17, 15) is 17.6 Å². The quantitative estimate of drug-likeness (QED) is 0.738. The van der Waals surface area contributed by atoms with E-state index in [4.69, 9.17) is 9.47 Å². The number of methoxy groups -OCH3 is 1. The maximum atomic E-state index is 13.4. The molecule has 1 saturated heterocycles. The third kappa shape index (κ3) is 5.08. The SMILES string of the molecule is COc1ccc(S(=O)(=O)NC2CCOCC2)cc1C(=O)Nc1ccc(F)c(C)n1. The molecule has 0 bridgehead atoms. The highest BCUT2D eigenvalue weighted by molar-refractivity contribution is 7.89. The van der Waals surface area contributed by atoms with Gasteiger partial charge in [0, 0.05) is 19.3 Å². The fourth-order valence-electron chi connectivity index (χ4n) is 2.93. The highest BCUT2D eigenvalue weighted by Gasteiger charge is 2.24. The average molecular weight is 423 g/mol. The average Bonchev–Trinajstić information content (AvgIpc) is 2.70. The predicted octanol–water partition coefficient (Wildman–Crippen LogP) is 2.25. The van der Waals surface area contributed by atoms with Gasteiger partial charge in [0.25, 0.3) is 5.91 Å². The Morgan fingerprint density at radius 1 is 1.24 bits per heavy atom. The number of nitrogens with one attached hydrogen (secondary N) is 2. The number of hydrogen-bond donors (Lipinski definition) is 2. The molecule has 0 unspecified atom stereocenters. The lowest BCUT2D eigenvalue weighted by Crippen LogP contribution is -2.38. The summed E-state index contributed by atoms with van der Waals surface area (Å²) in [6.07, 6.45) is 1.16.